The van der Waals surface area contributed by atoms with E-state index >= 15 is 0 Å². The Bertz CT molecular complexity index is 1780. The van der Waals surface area contributed by atoms with Gasteiger partial charge in [-0.25, -0.2) is 4.98 Å². The third-order valence-corrected chi connectivity index (χ3v) is 9.70. The van der Waals surface area contributed by atoms with Crippen molar-refractivity contribution in [1.29, 1.82) is 0 Å². The van der Waals surface area contributed by atoms with E-state index in [-0.39, 0.29) is 5.56 Å². The maximum Gasteiger partial charge on any atom is 0.258 e. The van der Waals surface area contributed by atoms with Crippen molar-refractivity contribution in [3.05, 3.63) is 87.3 Å². The first-order valence-corrected chi connectivity index (χ1v) is 15.2. The van der Waals surface area contributed by atoms with Crippen molar-refractivity contribution in [1.82, 2.24) is 19.4 Å². The minimum Gasteiger partial charge on any atom is -0.339 e. The van der Waals surface area contributed by atoms with Crippen LogP contribution in [0.2, 0.25) is 5.02 Å². The summed E-state index contributed by atoms with van der Waals surface area (Å²) < 4.78 is 13.5. The summed E-state index contributed by atoms with van der Waals surface area (Å²) in [5, 5.41) is 2.93. The lowest BCUT2D eigenvalue weighted by atomic mass is 9.97. The Morgan fingerprint density at radius 3 is 2.51 bits per heavy atom. The number of rotatable bonds is 5. The summed E-state index contributed by atoms with van der Waals surface area (Å²) in [4.78, 5) is 24.0. The van der Waals surface area contributed by atoms with Crippen LogP contribution in [0.25, 0.3) is 44.3 Å². The van der Waals surface area contributed by atoms with E-state index in [1.165, 1.54) is 5.56 Å². The molecule has 0 radical (unpaired) electrons. The Labute approximate surface area is 235 Å². The molecule has 1 atom stereocenters. The number of fused-ring (bicyclic) bond motifs is 3. The molecule has 1 saturated heterocycles. The van der Waals surface area contributed by atoms with Crippen molar-refractivity contribution >= 4 is 44.3 Å². The number of likely N-dealkylation sites (tertiary alicyclic amines) is 1. The monoisotopic (exact) mass is 558 g/mol. The Balaban J connectivity index is 1.35. The van der Waals surface area contributed by atoms with Crippen molar-refractivity contribution in [2.75, 3.05) is 19.3 Å². The van der Waals surface area contributed by atoms with Gasteiger partial charge in [-0.05, 0) is 73.3 Å². The number of hydrogen-bond donors (Lipinski definition) is 1. The zero-order valence-corrected chi connectivity index (χ0v) is 23.9. The minimum absolute atomic E-state index is 0.0676. The topological polar surface area (TPSA) is 71.0 Å². The maximum absolute atomic E-state index is 13.4. The van der Waals surface area contributed by atoms with Gasteiger partial charge in [-0.15, -0.1) is 0 Å². The fraction of sp³-hybridized carbons (Fsp3) is 0.290. The zero-order chi connectivity index (χ0) is 27.3. The SMILES string of the molecule is Cc1c(-c2cccc(Cl)c2)c(=O)n(C)c2cnc3[nH]c(-c4ccc(CN5CCC(S(C)=O)CC5)cc4)cc3c12. The van der Waals surface area contributed by atoms with Crippen molar-refractivity contribution in [3.8, 4) is 22.4 Å². The molecule has 3 aromatic heterocycles. The fourth-order valence-electron chi connectivity index (χ4n) is 5.86. The second-order valence-electron chi connectivity index (χ2n) is 10.5. The highest BCUT2D eigenvalue weighted by Crippen LogP contribution is 2.34. The molecule has 6 nitrogen and oxygen atoms in total. The highest BCUT2D eigenvalue weighted by Gasteiger charge is 2.22. The summed E-state index contributed by atoms with van der Waals surface area (Å²) in [6.07, 6.45) is 5.60. The van der Waals surface area contributed by atoms with E-state index in [1.54, 1.807) is 17.8 Å². The molecular formula is C31H31ClN4O2S. The van der Waals surface area contributed by atoms with Crippen LogP contribution in [0.4, 0.5) is 0 Å². The summed E-state index contributed by atoms with van der Waals surface area (Å²) in [6, 6.07) is 18.3. The Hall–Kier alpha value is -3.26. The smallest absolute Gasteiger partial charge is 0.258 e. The lowest BCUT2D eigenvalue weighted by Gasteiger charge is -2.30. The van der Waals surface area contributed by atoms with Gasteiger partial charge >= 0.3 is 0 Å². The molecular weight excluding hydrogens is 528 g/mol. The van der Waals surface area contributed by atoms with Gasteiger partial charge in [0.2, 0.25) is 0 Å². The van der Waals surface area contributed by atoms with E-state index in [9.17, 15) is 9.00 Å². The predicted octanol–water partition coefficient (Wildman–Crippen LogP) is 6.05. The molecule has 5 aromatic rings. The van der Waals surface area contributed by atoms with Crippen LogP contribution >= 0.6 is 11.6 Å². The second kappa shape index (κ2) is 10.4. The highest BCUT2D eigenvalue weighted by atomic mass is 35.5. The number of H-pyrrole nitrogens is 1. The van der Waals surface area contributed by atoms with Gasteiger partial charge in [0.15, 0.2) is 0 Å². The zero-order valence-electron chi connectivity index (χ0n) is 22.3. The summed E-state index contributed by atoms with van der Waals surface area (Å²) in [7, 11) is 1.07. The first-order chi connectivity index (χ1) is 18.8. The van der Waals surface area contributed by atoms with Crippen LogP contribution in [0.3, 0.4) is 0 Å². The molecule has 1 unspecified atom stereocenters. The largest absolute Gasteiger partial charge is 0.339 e. The molecule has 1 N–H and O–H groups in total. The van der Waals surface area contributed by atoms with Crippen LogP contribution < -0.4 is 5.56 Å². The number of aromatic amines is 1. The molecule has 0 aliphatic carbocycles. The van der Waals surface area contributed by atoms with Crippen LogP contribution in [-0.2, 0) is 24.4 Å². The molecule has 6 rings (SSSR count). The molecule has 0 saturated carbocycles. The first-order valence-electron chi connectivity index (χ1n) is 13.2. The van der Waals surface area contributed by atoms with Gasteiger partial charge in [0, 0.05) is 57.4 Å². The summed E-state index contributed by atoms with van der Waals surface area (Å²) >= 11 is 6.27. The summed E-state index contributed by atoms with van der Waals surface area (Å²) in [5.41, 5.74) is 7.24. The molecule has 39 heavy (non-hydrogen) atoms. The molecule has 1 aliphatic heterocycles. The van der Waals surface area contributed by atoms with E-state index in [4.69, 9.17) is 11.6 Å². The van der Waals surface area contributed by atoms with Gasteiger partial charge in [0.25, 0.3) is 5.56 Å². The standard InChI is InChI=1S/C31H31ClN4O2S/c1-19-28(22-5-4-6-23(32)15-22)31(37)35(2)27-17-33-30-25(29(19)27)16-26(34-30)21-9-7-20(8-10-21)18-36-13-11-24(12-14-36)39(3)38/h4-10,15-17,24H,11-14,18H2,1-3H3,(H,33,34). The lowest BCUT2D eigenvalue weighted by molar-refractivity contribution is 0.223. The van der Waals surface area contributed by atoms with Crippen LogP contribution in [0.1, 0.15) is 24.0 Å². The number of piperidine rings is 1. The molecule has 1 aliphatic rings. The number of benzene rings is 2. The van der Waals surface area contributed by atoms with Gasteiger partial charge in [-0.3, -0.25) is 13.9 Å². The molecule has 4 heterocycles. The van der Waals surface area contributed by atoms with Gasteiger partial charge in [-0.1, -0.05) is 48.0 Å². The minimum atomic E-state index is -0.727. The van der Waals surface area contributed by atoms with Crippen molar-refractivity contribution < 1.29 is 4.21 Å². The molecule has 0 spiro atoms. The van der Waals surface area contributed by atoms with Gasteiger partial charge < -0.3 is 9.55 Å². The third kappa shape index (κ3) is 4.84. The molecule has 8 heteroatoms. The normalized spacial score (nSPS) is 15.8. The Kier molecular flexibility index (Phi) is 6.91. The lowest BCUT2D eigenvalue weighted by Crippen LogP contribution is -2.36. The summed E-state index contributed by atoms with van der Waals surface area (Å²) in [5.74, 6) is 0. The third-order valence-electron chi connectivity index (χ3n) is 8.06. The maximum atomic E-state index is 13.4. The highest BCUT2D eigenvalue weighted by molar-refractivity contribution is 7.84. The second-order valence-corrected chi connectivity index (χ2v) is 12.6. The van der Waals surface area contributed by atoms with E-state index in [2.05, 4.69) is 45.2 Å². The van der Waals surface area contributed by atoms with Gasteiger partial charge in [-0.2, -0.15) is 0 Å². The van der Waals surface area contributed by atoms with E-state index in [0.29, 0.717) is 15.8 Å². The number of aromatic nitrogens is 3. The predicted molar refractivity (Wildman–Crippen MR) is 162 cm³/mol. The van der Waals surface area contributed by atoms with Crippen LogP contribution in [0, 0.1) is 6.92 Å². The van der Waals surface area contributed by atoms with E-state index < -0.39 is 10.8 Å². The molecule has 200 valence electrons. The summed E-state index contributed by atoms with van der Waals surface area (Å²) in [6.45, 7) is 4.89. The van der Waals surface area contributed by atoms with E-state index in [1.807, 2.05) is 37.4 Å². The Morgan fingerprint density at radius 1 is 1.08 bits per heavy atom. The number of nitrogens with zero attached hydrogens (tertiary/aromatic N) is 3. The number of nitrogens with one attached hydrogen (secondary N) is 1. The van der Waals surface area contributed by atoms with Crippen molar-refractivity contribution in [3.63, 3.8) is 0 Å². The van der Waals surface area contributed by atoms with Gasteiger partial charge in [0.1, 0.15) is 5.65 Å². The first kappa shape index (κ1) is 26.0. The number of aryl methyl sites for hydroxylation is 2. The average Bonchev–Trinajstić information content (AvgIpc) is 3.37. The molecule has 0 bridgehead atoms. The van der Waals surface area contributed by atoms with Crippen molar-refractivity contribution in [2.24, 2.45) is 7.05 Å². The number of hydrogen-bond acceptors (Lipinski definition) is 4. The number of halogens is 1. The molecule has 2 aromatic carbocycles. The van der Waals surface area contributed by atoms with Crippen molar-refractivity contribution in [2.45, 2.75) is 31.6 Å². The number of pyridine rings is 2. The Morgan fingerprint density at radius 2 is 1.82 bits per heavy atom. The van der Waals surface area contributed by atoms with Gasteiger partial charge in [0.05, 0.1) is 17.3 Å². The van der Waals surface area contributed by atoms with Crippen LogP contribution in [-0.4, -0.2) is 48.2 Å². The quantitative estimate of drug-likeness (QED) is 0.285. The fourth-order valence-corrected chi connectivity index (χ4v) is 6.93. The molecule has 1 fully saturated rings. The van der Waals surface area contributed by atoms with Crippen LogP contribution in [0.5, 0.6) is 0 Å². The average molecular weight is 559 g/mol. The van der Waals surface area contributed by atoms with Crippen LogP contribution in [0.15, 0.2) is 65.6 Å². The van der Waals surface area contributed by atoms with E-state index in [0.717, 1.165) is 76.8 Å². The molecule has 0 amide bonds.